The third-order valence-corrected chi connectivity index (χ3v) is 3.88. The summed E-state index contributed by atoms with van der Waals surface area (Å²) in [4.78, 5) is 4.31. The Bertz CT molecular complexity index is 845. The summed E-state index contributed by atoms with van der Waals surface area (Å²) in [5.41, 5.74) is 7.16. The number of fused-ring (bicyclic) bond motifs is 1. The van der Waals surface area contributed by atoms with E-state index >= 15 is 0 Å². The van der Waals surface area contributed by atoms with Gasteiger partial charge in [0.25, 0.3) is 0 Å². The standard InChI is InChI=1S/C14H10F3N3S/c1-6-19-13-5-12(10(18)4-14(13)21-6)20-11-3-8(16)7(15)2-9(11)17/h2-5,20H,18H2,1H3. The van der Waals surface area contributed by atoms with E-state index in [0.717, 1.165) is 15.8 Å². The number of thiazole rings is 1. The van der Waals surface area contributed by atoms with E-state index in [1.165, 1.54) is 11.3 Å². The van der Waals surface area contributed by atoms with Gasteiger partial charge in [0.05, 0.1) is 32.3 Å². The Kier molecular flexibility index (Phi) is 3.21. The number of aryl methyl sites for hydroxylation is 1. The third kappa shape index (κ3) is 2.52. The average Bonchev–Trinajstić information content (AvgIpc) is 2.75. The molecular formula is C14H10F3N3S. The van der Waals surface area contributed by atoms with Gasteiger partial charge in [0, 0.05) is 12.1 Å². The molecule has 0 amide bonds. The highest BCUT2D eigenvalue weighted by Gasteiger charge is 2.12. The number of nitrogens with zero attached hydrogens (tertiary/aromatic N) is 1. The first-order chi connectivity index (χ1) is 9.94. The van der Waals surface area contributed by atoms with E-state index in [2.05, 4.69) is 10.3 Å². The summed E-state index contributed by atoms with van der Waals surface area (Å²) >= 11 is 1.49. The molecule has 0 saturated heterocycles. The number of anilines is 3. The van der Waals surface area contributed by atoms with Crippen LogP contribution in [0.15, 0.2) is 24.3 Å². The molecular weight excluding hydrogens is 299 g/mol. The number of halogens is 3. The van der Waals surface area contributed by atoms with Gasteiger partial charge >= 0.3 is 0 Å². The molecule has 0 saturated carbocycles. The van der Waals surface area contributed by atoms with Crippen LogP contribution in [0.25, 0.3) is 10.2 Å². The van der Waals surface area contributed by atoms with Crippen LogP contribution in [0.3, 0.4) is 0 Å². The molecule has 0 fully saturated rings. The van der Waals surface area contributed by atoms with E-state index in [4.69, 9.17) is 5.73 Å². The van der Waals surface area contributed by atoms with Crippen molar-refractivity contribution in [2.24, 2.45) is 0 Å². The molecule has 108 valence electrons. The van der Waals surface area contributed by atoms with Crippen molar-refractivity contribution in [2.45, 2.75) is 6.92 Å². The van der Waals surface area contributed by atoms with Gasteiger partial charge in [-0.2, -0.15) is 0 Å². The molecule has 3 aromatic rings. The molecule has 0 atom stereocenters. The summed E-state index contributed by atoms with van der Waals surface area (Å²) in [7, 11) is 0. The van der Waals surface area contributed by atoms with Crippen LogP contribution in [0.2, 0.25) is 0 Å². The zero-order valence-corrected chi connectivity index (χ0v) is 11.7. The number of nitrogen functional groups attached to an aromatic ring is 1. The Morgan fingerprint density at radius 3 is 2.48 bits per heavy atom. The van der Waals surface area contributed by atoms with Crippen molar-refractivity contribution in [1.82, 2.24) is 4.98 Å². The van der Waals surface area contributed by atoms with E-state index in [1.807, 2.05) is 6.92 Å². The molecule has 0 aliphatic heterocycles. The van der Waals surface area contributed by atoms with Gasteiger partial charge in [-0.05, 0) is 19.1 Å². The highest BCUT2D eigenvalue weighted by molar-refractivity contribution is 7.18. The minimum atomic E-state index is -1.24. The lowest BCUT2D eigenvalue weighted by Crippen LogP contribution is -2.00. The molecule has 0 unspecified atom stereocenters. The second-order valence-corrected chi connectivity index (χ2v) is 5.75. The molecule has 0 aliphatic rings. The second kappa shape index (κ2) is 4.92. The molecule has 3 N–H and O–H groups in total. The predicted octanol–water partition coefficient (Wildman–Crippen LogP) is 4.35. The molecule has 0 aliphatic carbocycles. The lowest BCUT2D eigenvalue weighted by molar-refractivity contribution is 0.496. The lowest BCUT2D eigenvalue weighted by Gasteiger charge is -2.10. The zero-order valence-electron chi connectivity index (χ0n) is 10.9. The molecule has 0 radical (unpaired) electrons. The summed E-state index contributed by atoms with van der Waals surface area (Å²) in [6, 6.07) is 4.59. The Labute approximate surface area is 122 Å². The van der Waals surface area contributed by atoms with Gasteiger partial charge in [-0.3, -0.25) is 0 Å². The van der Waals surface area contributed by atoms with Gasteiger partial charge in [-0.1, -0.05) is 0 Å². The van der Waals surface area contributed by atoms with Gasteiger partial charge in [0.1, 0.15) is 5.82 Å². The van der Waals surface area contributed by atoms with Crippen molar-refractivity contribution in [1.29, 1.82) is 0 Å². The van der Waals surface area contributed by atoms with E-state index in [0.29, 0.717) is 23.0 Å². The summed E-state index contributed by atoms with van der Waals surface area (Å²) in [5, 5.41) is 3.54. The molecule has 3 nitrogen and oxygen atoms in total. The number of aromatic nitrogens is 1. The van der Waals surface area contributed by atoms with Crippen molar-refractivity contribution in [3.63, 3.8) is 0 Å². The highest BCUT2D eigenvalue weighted by Crippen LogP contribution is 2.32. The van der Waals surface area contributed by atoms with Gasteiger partial charge < -0.3 is 11.1 Å². The van der Waals surface area contributed by atoms with Crippen LogP contribution < -0.4 is 11.1 Å². The Morgan fingerprint density at radius 2 is 1.71 bits per heavy atom. The number of nitrogens with two attached hydrogens (primary N) is 1. The van der Waals surface area contributed by atoms with E-state index in [-0.39, 0.29) is 5.69 Å². The Hall–Kier alpha value is -2.28. The lowest BCUT2D eigenvalue weighted by atomic mass is 10.2. The van der Waals surface area contributed by atoms with Crippen LogP contribution in [-0.2, 0) is 0 Å². The molecule has 3 rings (SSSR count). The minimum Gasteiger partial charge on any atom is -0.397 e. The summed E-state index contributed by atoms with van der Waals surface area (Å²) in [6.07, 6.45) is 0. The normalized spacial score (nSPS) is 11.0. The highest BCUT2D eigenvalue weighted by atomic mass is 32.1. The SMILES string of the molecule is Cc1nc2cc(Nc3cc(F)c(F)cc3F)c(N)cc2s1. The van der Waals surface area contributed by atoms with Crippen LogP contribution in [-0.4, -0.2) is 4.98 Å². The molecule has 2 aromatic carbocycles. The first-order valence-corrected chi connectivity index (χ1v) is 6.84. The maximum absolute atomic E-state index is 13.6. The van der Waals surface area contributed by atoms with Crippen LogP contribution in [0, 0.1) is 24.4 Å². The van der Waals surface area contributed by atoms with E-state index in [1.54, 1.807) is 12.1 Å². The number of rotatable bonds is 2. The van der Waals surface area contributed by atoms with Gasteiger partial charge in [0.2, 0.25) is 0 Å². The van der Waals surface area contributed by atoms with Crippen LogP contribution in [0.4, 0.5) is 30.2 Å². The first kappa shape index (κ1) is 13.7. The topological polar surface area (TPSA) is 50.9 Å². The zero-order chi connectivity index (χ0) is 15.1. The average molecular weight is 309 g/mol. The third-order valence-electron chi connectivity index (χ3n) is 2.95. The fraction of sp³-hybridized carbons (Fsp3) is 0.0714. The minimum absolute atomic E-state index is 0.188. The van der Waals surface area contributed by atoms with Crippen molar-refractivity contribution in [3.8, 4) is 0 Å². The number of hydrogen-bond acceptors (Lipinski definition) is 4. The van der Waals surface area contributed by atoms with Gasteiger partial charge in [-0.15, -0.1) is 11.3 Å². The fourth-order valence-corrected chi connectivity index (χ4v) is 2.83. The van der Waals surface area contributed by atoms with Crippen molar-refractivity contribution in [2.75, 3.05) is 11.1 Å². The van der Waals surface area contributed by atoms with Crippen LogP contribution in [0.5, 0.6) is 0 Å². The van der Waals surface area contributed by atoms with Crippen LogP contribution >= 0.6 is 11.3 Å². The largest absolute Gasteiger partial charge is 0.397 e. The molecule has 1 aromatic heterocycles. The van der Waals surface area contributed by atoms with Gasteiger partial charge in [0.15, 0.2) is 11.6 Å². The van der Waals surface area contributed by atoms with Gasteiger partial charge in [-0.25, -0.2) is 18.2 Å². The smallest absolute Gasteiger partial charge is 0.161 e. The van der Waals surface area contributed by atoms with Crippen molar-refractivity contribution in [3.05, 3.63) is 46.7 Å². The molecule has 21 heavy (non-hydrogen) atoms. The monoisotopic (exact) mass is 309 g/mol. The molecule has 0 bridgehead atoms. The Balaban J connectivity index is 2.05. The molecule has 0 spiro atoms. The number of benzene rings is 2. The van der Waals surface area contributed by atoms with E-state index in [9.17, 15) is 13.2 Å². The van der Waals surface area contributed by atoms with Crippen molar-refractivity contribution >= 4 is 38.6 Å². The second-order valence-electron chi connectivity index (χ2n) is 4.51. The summed E-state index contributed by atoms with van der Waals surface area (Å²) in [5.74, 6) is -3.28. The molecule has 1 heterocycles. The predicted molar refractivity (Wildman–Crippen MR) is 78.4 cm³/mol. The summed E-state index contributed by atoms with van der Waals surface area (Å²) < 4.78 is 40.7. The van der Waals surface area contributed by atoms with E-state index < -0.39 is 17.5 Å². The summed E-state index contributed by atoms with van der Waals surface area (Å²) in [6.45, 7) is 1.86. The maximum Gasteiger partial charge on any atom is 0.161 e. The quantitative estimate of drug-likeness (QED) is 0.546. The number of nitrogens with one attached hydrogen (secondary N) is 1. The number of hydrogen-bond donors (Lipinski definition) is 2. The van der Waals surface area contributed by atoms with Crippen LogP contribution in [0.1, 0.15) is 5.01 Å². The fourth-order valence-electron chi connectivity index (χ4n) is 1.98. The molecule has 7 heteroatoms. The van der Waals surface area contributed by atoms with Crippen molar-refractivity contribution < 1.29 is 13.2 Å². The maximum atomic E-state index is 13.6. The Morgan fingerprint density at radius 1 is 1.00 bits per heavy atom. The first-order valence-electron chi connectivity index (χ1n) is 6.02.